The number of hydrogen-bond acceptors (Lipinski definition) is 5. The molecule has 1 N–H and O–H groups in total. The molecule has 0 amide bonds. The minimum absolute atomic E-state index is 0.619. The molecule has 0 saturated heterocycles. The van der Waals surface area contributed by atoms with Crippen molar-refractivity contribution < 1.29 is 4.42 Å². The molecule has 2 aromatic heterocycles. The standard InChI is InChI=1S/C13H21N5O/c1-9-12(10(2)15-14-9)6-5-7-18(4)8-13-17-16-11(3)19-13/h5-8H2,1-4H3,(H,14,15). The van der Waals surface area contributed by atoms with Crippen LogP contribution in [0.15, 0.2) is 4.42 Å². The first-order valence-corrected chi connectivity index (χ1v) is 6.54. The third kappa shape index (κ3) is 3.64. The number of nitrogens with zero attached hydrogens (tertiary/aromatic N) is 4. The van der Waals surface area contributed by atoms with Gasteiger partial charge in [0.15, 0.2) is 0 Å². The zero-order chi connectivity index (χ0) is 13.8. The molecule has 0 atom stereocenters. The first-order valence-electron chi connectivity index (χ1n) is 6.54. The van der Waals surface area contributed by atoms with Gasteiger partial charge in [0.1, 0.15) is 0 Å². The summed E-state index contributed by atoms with van der Waals surface area (Å²) in [6, 6.07) is 0. The normalized spacial score (nSPS) is 11.4. The van der Waals surface area contributed by atoms with Crippen LogP contribution >= 0.6 is 0 Å². The smallest absolute Gasteiger partial charge is 0.230 e. The van der Waals surface area contributed by atoms with Crippen molar-refractivity contribution in [2.45, 2.75) is 40.2 Å². The Morgan fingerprint density at radius 1 is 1.21 bits per heavy atom. The molecule has 19 heavy (non-hydrogen) atoms. The van der Waals surface area contributed by atoms with Gasteiger partial charge in [-0.2, -0.15) is 5.10 Å². The van der Waals surface area contributed by atoms with Crippen LogP contribution in [0.3, 0.4) is 0 Å². The van der Waals surface area contributed by atoms with Crippen LogP contribution in [0.1, 0.15) is 35.2 Å². The van der Waals surface area contributed by atoms with E-state index < -0.39 is 0 Å². The number of hydrogen-bond donors (Lipinski definition) is 1. The summed E-state index contributed by atoms with van der Waals surface area (Å²) in [4.78, 5) is 2.19. The highest BCUT2D eigenvalue weighted by Gasteiger charge is 2.09. The van der Waals surface area contributed by atoms with E-state index in [1.165, 1.54) is 11.3 Å². The van der Waals surface area contributed by atoms with E-state index in [0.717, 1.165) is 25.1 Å². The van der Waals surface area contributed by atoms with Crippen LogP contribution in [0, 0.1) is 20.8 Å². The molecule has 0 bridgehead atoms. The van der Waals surface area contributed by atoms with Crippen LogP contribution < -0.4 is 0 Å². The summed E-state index contributed by atoms with van der Waals surface area (Å²) in [6.45, 7) is 7.61. The summed E-state index contributed by atoms with van der Waals surface area (Å²) >= 11 is 0. The van der Waals surface area contributed by atoms with E-state index in [1.54, 1.807) is 6.92 Å². The molecule has 2 heterocycles. The van der Waals surface area contributed by atoms with Gasteiger partial charge in [-0.15, -0.1) is 10.2 Å². The van der Waals surface area contributed by atoms with E-state index in [1.807, 2.05) is 6.92 Å². The number of rotatable bonds is 6. The van der Waals surface area contributed by atoms with Gasteiger partial charge in [0, 0.05) is 12.6 Å². The predicted molar refractivity (Wildman–Crippen MR) is 71.8 cm³/mol. The third-order valence-corrected chi connectivity index (χ3v) is 3.22. The average Bonchev–Trinajstić information content (AvgIpc) is 2.89. The zero-order valence-electron chi connectivity index (χ0n) is 12.0. The summed E-state index contributed by atoms with van der Waals surface area (Å²) in [5.41, 5.74) is 3.61. The molecule has 0 radical (unpaired) electrons. The molecule has 0 aliphatic rings. The van der Waals surface area contributed by atoms with Crippen LogP contribution in [0.25, 0.3) is 0 Å². The molecule has 2 aromatic rings. The van der Waals surface area contributed by atoms with Crippen molar-refractivity contribution in [1.82, 2.24) is 25.3 Å². The van der Waals surface area contributed by atoms with E-state index >= 15 is 0 Å². The molecule has 6 heteroatoms. The molecule has 0 spiro atoms. The van der Waals surface area contributed by atoms with Gasteiger partial charge in [-0.1, -0.05) is 0 Å². The van der Waals surface area contributed by atoms with Gasteiger partial charge in [0.25, 0.3) is 0 Å². The molecule has 0 aliphatic carbocycles. The average molecular weight is 263 g/mol. The molecular weight excluding hydrogens is 242 g/mol. The fourth-order valence-electron chi connectivity index (χ4n) is 2.18. The number of aromatic nitrogens is 4. The van der Waals surface area contributed by atoms with E-state index in [2.05, 4.69) is 39.3 Å². The minimum atomic E-state index is 0.619. The van der Waals surface area contributed by atoms with Crippen molar-refractivity contribution in [3.8, 4) is 0 Å². The number of aromatic amines is 1. The van der Waals surface area contributed by atoms with Crippen molar-refractivity contribution >= 4 is 0 Å². The van der Waals surface area contributed by atoms with Crippen LogP contribution in [0.5, 0.6) is 0 Å². The quantitative estimate of drug-likeness (QED) is 0.860. The van der Waals surface area contributed by atoms with E-state index in [-0.39, 0.29) is 0 Å². The Hall–Kier alpha value is -1.69. The van der Waals surface area contributed by atoms with Gasteiger partial charge in [-0.05, 0) is 45.8 Å². The zero-order valence-corrected chi connectivity index (χ0v) is 12.0. The Morgan fingerprint density at radius 2 is 2.00 bits per heavy atom. The molecule has 0 fully saturated rings. The molecule has 2 rings (SSSR count). The molecule has 6 nitrogen and oxygen atoms in total. The van der Waals surface area contributed by atoms with Gasteiger partial charge < -0.3 is 4.42 Å². The van der Waals surface area contributed by atoms with Crippen molar-refractivity contribution in [3.63, 3.8) is 0 Å². The highest BCUT2D eigenvalue weighted by molar-refractivity contribution is 5.23. The fourth-order valence-corrected chi connectivity index (χ4v) is 2.18. The van der Waals surface area contributed by atoms with Crippen LogP contribution in [0.2, 0.25) is 0 Å². The second-order valence-corrected chi connectivity index (χ2v) is 4.97. The lowest BCUT2D eigenvalue weighted by molar-refractivity contribution is 0.282. The maximum atomic E-state index is 5.37. The number of H-pyrrole nitrogens is 1. The van der Waals surface area contributed by atoms with Crippen molar-refractivity contribution in [3.05, 3.63) is 28.7 Å². The molecule has 0 unspecified atom stereocenters. The fraction of sp³-hybridized carbons (Fsp3) is 0.615. The van der Waals surface area contributed by atoms with Crippen molar-refractivity contribution in [2.75, 3.05) is 13.6 Å². The predicted octanol–water partition coefficient (Wildman–Crippen LogP) is 1.78. The maximum Gasteiger partial charge on any atom is 0.230 e. The van der Waals surface area contributed by atoms with Gasteiger partial charge in [-0.25, -0.2) is 0 Å². The monoisotopic (exact) mass is 263 g/mol. The third-order valence-electron chi connectivity index (χ3n) is 3.22. The van der Waals surface area contributed by atoms with Crippen molar-refractivity contribution in [1.29, 1.82) is 0 Å². The van der Waals surface area contributed by atoms with Gasteiger partial charge in [0.2, 0.25) is 11.8 Å². The van der Waals surface area contributed by atoms with Gasteiger partial charge in [-0.3, -0.25) is 10.00 Å². The second kappa shape index (κ2) is 5.97. The van der Waals surface area contributed by atoms with Crippen LogP contribution in [-0.4, -0.2) is 38.9 Å². The first-order chi connectivity index (χ1) is 9.06. The first kappa shape index (κ1) is 13.7. The Labute approximate surface area is 113 Å². The minimum Gasteiger partial charge on any atom is -0.424 e. The van der Waals surface area contributed by atoms with E-state index in [0.29, 0.717) is 18.3 Å². The van der Waals surface area contributed by atoms with Crippen molar-refractivity contribution in [2.24, 2.45) is 0 Å². The lowest BCUT2D eigenvalue weighted by atomic mass is 10.1. The molecular formula is C13H21N5O. The Balaban J connectivity index is 1.76. The summed E-state index contributed by atoms with van der Waals surface area (Å²) in [5, 5.41) is 15.1. The van der Waals surface area contributed by atoms with Crippen LogP contribution in [0.4, 0.5) is 0 Å². The largest absolute Gasteiger partial charge is 0.424 e. The summed E-state index contributed by atoms with van der Waals surface area (Å²) in [5.74, 6) is 1.30. The van der Waals surface area contributed by atoms with E-state index in [9.17, 15) is 0 Å². The maximum absolute atomic E-state index is 5.37. The lowest BCUT2D eigenvalue weighted by Crippen LogP contribution is -2.20. The summed E-state index contributed by atoms with van der Waals surface area (Å²) < 4.78 is 5.37. The topological polar surface area (TPSA) is 70.8 Å². The van der Waals surface area contributed by atoms with Crippen LogP contribution in [-0.2, 0) is 13.0 Å². The van der Waals surface area contributed by atoms with Gasteiger partial charge >= 0.3 is 0 Å². The van der Waals surface area contributed by atoms with Gasteiger partial charge in [0.05, 0.1) is 12.2 Å². The van der Waals surface area contributed by atoms with E-state index in [4.69, 9.17) is 4.42 Å². The Kier molecular flexibility index (Phi) is 4.31. The Morgan fingerprint density at radius 3 is 2.58 bits per heavy atom. The second-order valence-electron chi connectivity index (χ2n) is 4.97. The summed E-state index contributed by atoms with van der Waals surface area (Å²) in [6.07, 6.45) is 2.13. The molecule has 0 saturated carbocycles. The lowest BCUT2D eigenvalue weighted by Gasteiger charge is -2.13. The molecule has 0 aromatic carbocycles. The number of nitrogens with one attached hydrogen (secondary N) is 1. The summed E-state index contributed by atoms with van der Waals surface area (Å²) in [7, 11) is 2.06. The Bertz CT molecular complexity index is 511. The molecule has 104 valence electrons. The SMILES string of the molecule is Cc1nnc(CN(C)CCCc2c(C)n[nH]c2C)o1. The highest BCUT2D eigenvalue weighted by atomic mass is 16.4. The molecule has 0 aliphatic heterocycles. The highest BCUT2D eigenvalue weighted by Crippen LogP contribution is 2.12. The number of aryl methyl sites for hydroxylation is 3.